The van der Waals surface area contributed by atoms with Gasteiger partial charge in [-0.3, -0.25) is 4.57 Å². The summed E-state index contributed by atoms with van der Waals surface area (Å²) in [6, 6.07) is 0. The smallest absolute Gasteiger partial charge is 0.317 e. The van der Waals surface area contributed by atoms with E-state index in [4.69, 9.17) is 0 Å². The summed E-state index contributed by atoms with van der Waals surface area (Å²) in [4.78, 5) is 13.6. The lowest BCUT2D eigenvalue weighted by atomic mass is 10.4. The average molecular weight is 169 g/mol. The molecule has 0 saturated carbocycles. The summed E-state index contributed by atoms with van der Waals surface area (Å²) in [6.45, 7) is 4.81. The Kier molecular flexibility index (Phi) is 3.60. The molecule has 12 heavy (non-hydrogen) atoms. The number of aryl methyl sites for hydroxylation is 1. The number of imidazole rings is 1. The summed E-state index contributed by atoms with van der Waals surface area (Å²) in [5.41, 5.74) is -0.0218. The Balaban J connectivity index is 2.24. The molecule has 1 aromatic heterocycles. The summed E-state index contributed by atoms with van der Waals surface area (Å²) in [6.07, 6.45) is 4.43. The first-order valence-electron chi connectivity index (χ1n) is 4.29. The van der Waals surface area contributed by atoms with Crippen molar-refractivity contribution in [3.63, 3.8) is 0 Å². The number of nitrogens with one attached hydrogen (secondary N) is 2. The van der Waals surface area contributed by atoms with Crippen LogP contribution in [0.4, 0.5) is 0 Å². The predicted molar refractivity (Wildman–Crippen MR) is 48.2 cm³/mol. The largest absolute Gasteiger partial charge is 0.325 e. The molecule has 1 aromatic rings. The third-order valence-corrected chi connectivity index (χ3v) is 1.72. The van der Waals surface area contributed by atoms with Crippen molar-refractivity contribution in [3.05, 3.63) is 22.9 Å². The fourth-order valence-electron chi connectivity index (χ4n) is 1.08. The van der Waals surface area contributed by atoms with Gasteiger partial charge < -0.3 is 10.3 Å². The van der Waals surface area contributed by atoms with E-state index in [0.29, 0.717) is 0 Å². The standard InChI is InChI=1S/C8H15N3O/c1-2-9-4-3-6-11-7-5-10-8(11)12/h5,7,9H,2-4,6H2,1H3,(H,10,12). The maximum atomic E-state index is 11.0. The molecule has 0 aromatic carbocycles. The molecule has 1 rings (SSSR count). The molecule has 1 heterocycles. The molecule has 0 spiro atoms. The average Bonchev–Trinajstić information content (AvgIpc) is 2.46. The monoisotopic (exact) mass is 169 g/mol. The van der Waals surface area contributed by atoms with Crippen LogP contribution in [0.2, 0.25) is 0 Å². The van der Waals surface area contributed by atoms with Gasteiger partial charge in [0.1, 0.15) is 0 Å². The highest BCUT2D eigenvalue weighted by Gasteiger charge is 1.93. The lowest BCUT2D eigenvalue weighted by molar-refractivity contribution is 0.581. The van der Waals surface area contributed by atoms with E-state index in [2.05, 4.69) is 17.2 Å². The summed E-state index contributed by atoms with van der Waals surface area (Å²) in [5.74, 6) is 0. The first kappa shape index (κ1) is 9.06. The quantitative estimate of drug-likeness (QED) is 0.618. The van der Waals surface area contributed by atoms with E-state index in [9.17, 15) is 4.79 Å². The van der Waals surface area contributed by atoms with Crippen molar-refractivity contribution in [2.75, 3.05) is 13.1 Å². The van der Waals surface area contributed by atoms with Gasteiger partial charge in [-0.2, -0.15) is 0 Å². The molecule has 0 amide bonds. The molecule has 68 valence electrons. The van der Waals surface area contributed by atoms with Gasteiger partial charge in [0.05, 0.1) is 0 Å². The van der Waals surface area contributed by atoms with Crippen molar-refractivity contribution in [2.45, 2.75) is 19.9 Å². The van der Waals surface area contributed by atoms with Crippen LogP contribution in [-0.2, 0) is 6.54 Å². The third-order valence-electron chi connectivity index (χ3n) is 1.72. The van der Waals surface area contributed by atoms with E-state index in [1.807, 2.05) is 0 Å². The Morgan fingerprint density at radius 1 is 1.67 bits per heavy atom. The maximum Gasteiger partial charge on any atom is 0.325 e. The highest BCUT2D eigenvalue weighted by Crippen LogP contribution is 1.83. The van der Waals surface area contributed by atoms with Gasteiger partial charge in [-0.1, -0.05) is 6.92 Å². The van der Waals surface area contributed by atoms with Crippen LogP contribution in [0.25, 0.3) is 0 Å². The van der Waals surface area contributed by atoms with E-state index in [1.165, 1.54) is 0 Å². The topological polar surface area (TPSA) is 49.8 Å². The van der Waals surface area contributed by atoms with Gasteiger partial charge in [-0.25, -0.2) is 4.79 Å². The van der Waals surface area contributed by atoms with Gasteiger partial charge in [0.15, 0.2) is 0 Å². The Morgan fingerprint density at radius 3 is 3.08 bits per heavy atom. The SMILES string of the molecule is CCNCCCn1cc[nH]c1=O. The summed E-state index contributed by atoms with van der Waals surface area (Å²) < 4.78 is 1.68. The molecule has 0 saturated heterocycles. The Morgan fingerprint density at radius 2 is 2.50 bits per heavy atom. The van der Waals surface area contributed by atoms with Crippen molar-refractivity contribution in [1.29, 1.82) is 0 Å². The molecule has 4 nitrogen and oxygen atoms in total. The molecule has 0 fully saturated rings. The van der Waals surface area contributed by atoms with Crippen LogP contribution in [0.5, 0.6) is 0 Å². The first-order chi connectivity index (χ1) is 5.84. The molecular formula is C8H15N3O. The van der Waals surface area contributed by atoms with E-state index in [1.54, 1.807) is 17.0 Å². The fourth-order valence-corrected chi connectivity index (χ4v) is 1.08. The second-order valence-electron chi connectivity index (χ2n) is 2.67. The summed E-state index contributed by atoms with van der Waals surface area (Å²) >= 11 is 0. The van der Waals surface area contributed by atoms with Crippen LogP contribution in [0.1, 0.15) is 13.3 Å². The zero-order valence-electron chi connectivity index (χ0n) is 7.34. The lowest BCUT2D eigenvalue weighted by Gasteiger charge is -2.01. The number of aromatic nitrogens is 2. The van der Waals surface area contributed by atoms with Gasteiger partial charge in [0, 0.05) is 18.9 Å². The number of hydrogen-bond acceptors (Lipinski definition) is 2. The number of nitrogens with zero attached hydrogens (tertiary/aromatic N) is 1. The predicted octanol–water partition coefficient (Wildman–Crippen LogP) is 0.176. The number of hydrogen-bond donors (Lipinski definition) is 2. The Hall–Kier alpha value is -1.03. The third kappa shape index (κ3) is 2.54. The molecular weight excluding hydrogens is 154 g/mol. The number of rotatable bonds is 5. The highest BCUT2D eigenvalue weighted by molar-refractivity contribution is 4.75. The normalized spacial score (nSPS) is 10.4. The van der Waals surface area contributed by atoms with Crippen LogP contribution in [0, 0.1) is 0 Å². The molecule has 0 aliphatic heterocycles. The number of aromatic amines is 1. The summed E-state index contributed by atoms with van der Waals surface area (Å²) in [5, 5.41) is 3.20. The van der Waals surface area contributed by atoms with E-state index >= 15 is 0 Å². The summed E-state index contributed by atoms with van der Waals surface area (Å²) in [7, 11) is 0. The van der Waals surface area contributed by atoms with Gasteiger partial charge >= 0.3 is 5.69 Å². The fraction of sp³-hybridized carbons (Fsp3) is 0.625. The number of H-pyrrole nitrogens is 1. The van der Waals surface area contributed by atoms with Crippen LogP contribution in [0.3, 0.4) is 0 Å². The Bertz CT molecular complexity index is 263. The van der Waals surface area contributed by atoms with Crippen molar-refractivity contribution < 1.29 is 0 Å². The Labute approximate surface area is 71.6 Å². The minimum atomic E-state index is -0.0218. The van der Waals surface area contributed by atoms with E-state index in [-0.39, 0.29) is 5.69 Å². The molecule has 4 heteroatoms. The molecule has 0 unspecified atom stereocenters. The van der Waals surface area contributed by atoms with Crippen LogP contribution in [0.15, 0.2) is 17.2 Å². The second-order valence-corrected chi connectivity index (χ2v) is 2.67. The maximum absolute atomic E-state index is 11.0. The second kappa shape index (κ2) is 4.77. The molecule has 0 aliphatic rings. The van der Waals surface area contributed by atoms with Gasteiger partial charge in [0.25, 0.3) is 0 Å². The molecule has 2 N–H and O–H groups in total. The molecule has 0 bridgehead atoms. The van der Waals surface area contributed by atoms with E-state index < -0.39 is 0 Å². The zero-order valence-corrected chi connectivity index (χ0v) is 7.34. The van der Waals surface area contributed by atoms with Crippen molar-refractivity contribution >= 4 is 0 Å². The molecule has 0 atom stereocenters. The first-order valence-corrected chi connectivity index (χ1v) is 4.29. The van der Waals surface area contributed by atoms with E-state index in [0.717, 1.165) is 26.1 Å². The van der Waals surface area contributed by atoms with Crippen LogP contribution >= 0.6 is 0 Å². The molecule has 0 aliphatic carbocycles. The van der Waals surface area contributed by atoms with Gasteiger partial charge in [-0.05, 0) is 19.5 Å². The van der Waals surface area contributed by atoms with Crippen molar-refractivity contribution in [3.8, 4) is 0 Å². The highest BCUT2D eigenvalue weighted by atomic mass is 16.1. The minimum Gasteiger partial charge on any atom is -0.317 e. The van der Waals surface area contributed by atoms with Gasteiger partial charge in [-0.15, -0.1) is 0 Å². The van der Waals surface area contributed by atoms with Crippen molar-refractivity contribution in [2.24, 2.45) is 0 Å². The van der Waals surface area contributed by atoms with Crippen LogP contribution in [-0.4, -0.2) is 22.6 Å². The lowest BCUT2D eigenvalue weighted by Crippen LogP contribution is -2.20. The minimum absolute atomic E-state index is 0.0218. The van der Waals surface area contributed by atoms with Crippen molar-refractivity contribution in [1.82, 2.24) is 14.9 Å². The van der Waals surface area contributed by atoms with Gasteiger partial charge in [0.2, 0.25) is 0 Å². The molecule has 0 radical (unpaired) electrons. The van der Waals surface area contributed by atoms with Crippen LogP contribution < -0.4 is 11.0 Å². The zero-order chi connectivity index (χ0) is 8.81.